The molecule has 88 valence electrons. The second-order valence-electron chi connectivity index (χ2n) is 5.81. The van der Waals surface area contributed by atoms with Crippen LogP contribution in [0, 0.1) is 11.3 Å². The minimum absolute atomic E-state index is 0.321. The van der Waals surface area contributed by atoms with Gasteiger partial charge in [0, 0.05) is 12.5 Å². The van der Waals surface area contributed by atoms with Crippen LogP contribution in [0.25, 0.3) is 0 Å². The third-order valence-electron chi connectivity index (χ3n) is 3.13. The van der Waals surface area contributed by atoms with Gasteiger partial charge in [0.15, 0.2) is 0 Å². The van der Waals surface area contributed by atoms with Gasteiger partial charge < -0.3 is 10.4 Å². The van der Waals surface area contributed by atoms with E-state index in [4.69, 9.17) is 5.11 Å². The molecule has 0 amide bonds. The Balaban J connectivity index is 2.36. The first-order valence-electron chi connectivity index (χ1n) is 5.84. The molecular formula is C12H23NO2. The number of hydrogen-bond donors (Lipinski definition) is 2. The van der Waals surface area contributed by atoms with Gasteiger partial charge in [-0.2, -0.15) is 0 Å². The summed E-state index contributed by atoms with van der Waals surface area (Å²) in [6.07, 6.45) is 3.59. The fraction of sp³-hybridized carbons (Fsp3) is 0.917. The van der Waals surface area contributed by atoms with Crippen molar-refractivity contribution in [2.75, 3.05) is 6.54 Å². The molecule has 2 unspecified atom stereocenters. The SMILES string of the molecule is CC(C)(C)CCC1NCCC1CC(=O)O. The van der Waals surface area contributed by atoms with Gasteiger partial charge in [0.1, 0.15) is 0 Å². The number of carboxylic acid groups (broad SMARTS) is 1. The van der Waals surface area contributed by atoms with Crippen LogP contribution in [0.15, 0.2) is 0 Å². The fourth-order valence-electron chi connectivity index (χ4n) is 2.22. The highest BCUT2D eigenvalue weighted by molar-refractivity contribution is 5.67. The summed E-state index contributed by atoms with van der Waals surface area (Å²) in [7, 11) is 0. The van der Waals surface area contributed by atoms with Gasteiger partial charge in [-0.1, -0.05) is 20.8 Å². The first kappa shape index (κ1) is 12.5. The minimum Gasteiger partial charge on any atom is -0.481 e. The van der Waals surface area contributed by atoms with Gasteiger partial charge in [-0.3, -0.25) is 4.79 Å². The summed E-state index contributed by atoms with van der Waals surface area (Å²) in [5.74, 6) is -0.325. The van der Waals surface area contributed by atoms with Crippen LogP contribution in [-0.4, -0.2) is 23.7 Å². The molecule has 3 heteroatoms. The average molecular weight is 213 g/mol. The summed E-state index contributed by atoms with van der Waals surface area (Å²) in [6, 6.07) is 0.417. The van der Waals surface area contributed by atoms with Crippen molar-refractivity contribution in [2.45, 2.75) is 52.5 Å². The third kappa shape index (κ3) is 4.65. The van der Waals surface area contributed by atoms with E-state index in [9.17, 15) is 4.79 Å². The maximum atomic E-state index is 10.7. The van der Waals surface area contributed by atoms with E-state index in [1.165, 1.54) is 0 Å². The Bertz CT molecular complexity index is 220. The summed E-state index contributed by atoms with van der Waals surface area (Å²) in [5.41, 5.74) is 0.345. The van der Waals surface area contributed by atoms with Gasteiger partial charge in [0.2, 0.25) is 0 Å². The molecule has 1 rings (SSSR count). The van der Waals surface area contributed by atoms with Crippen molar-refractivity contribution in [3.8, 4) is 0 Å². The van der Waals surface area contributed by atoms with Crippen LogP contribution in [-0.2, 0) is 4.79 Å². The highest BCUT2D eigenvalue weighted by atomic mass is 16.4. The van der Waals surface area contributed by atoms with Crippen molar-refractivity contribution in [1.29, 1.82) is 0 Å². The molecule has 2 atom stereocenters. The van der Waals surface area contributed by atoms with Crippen molar-refractivity contribution in [3.63, 3.8) is 0 Å². The van der Waals surface area contributed by atoms with Gasteiger partial charge in [0.25, 0.3) is 0 Å². The average Bonchev–Trinajstić information content (AvgIpc) is 2.46. The molecule has 0 bridgehead atoms. The zero-order valence-corrected chi connectivity index (χ0v) is 10.0. The fourth-order valence-corrected chi connectivity index (χ4v) is 2.22. The Morgan fingerprint density at radius 2 is 2.13 bits per heavy atom. The molecule has 0 aromatic rings. The molecule has 0 saturated carbocycles. The molecule has 15 heavy (non-hydrogen) atoms. The van der Waals surface area contributed by atoms with Crippen LogP contribution >= 0.6 is 0 Å². The maximum Gasteiger partial charge on any atom is 0.303 e. The number of carbonyl (C=O) groups is 1. The van der Waals surface area contributed by atoms with E-state index in [2.05, 4.69) is 26.1 Å². The molecule has 1 aliphatic rings. The molecule has 0 spiro atoms. The van der Waals surface area contributed by atoms with Crippen LogP contribution in [0.4, 0.5) is 0 Å². The molecule has 1 heterocycles. The Morgan fingerprint density at radius 3 is 2.67 bits per heavy atom. The molecule has 1 aliphatic heterocycles. The molecule has 0 aromatic heterocycles. The monoisotopic (exact) mass is 213 g/mol. The topological polar surface area (TPSA) is 49.3 Å². The predicted molar refractivity (Wildman–Crippen MR) is 60.8 cm³/mol. The van der Waals surface area contributed by atoms with Gasteiger partial charge in [-0.15, -0.1) is 0 Å². The van der Waals surface area contributed by atoms with E-state index in [0.717, 1.165) is 25.8 Å². The minimum atomic E-state index is -0.663. The summed E-state index contributed by atoms with van der Waals surface area (Å²) in [5, 5.41) is 12.2. The lowest BCUT2D eigenvalue weighted by atomic mass is 9.85. The zero-order chi connectivity index (χ0) is 11.5. The number of hydrogen-bond acceptors (Lipinski definition) is 2. The van der Waals surface area contributed by atoms with E-state index in [1.54, 1.807) is 0 Å². The number of aliphatic carboxylic acids is 1. The Morgan fingerprint density at radius 1 is 1.47 bits per heavy atom. The first-order chi connectivity index (χ1) is 6.88. The maximum absolute atomic E-state index is 10.7. The van der Waals surface area contributed by atoms with Crippen LogP contribution in [0.3, 0.4) is 0 Å². The Kier molecular flexibility index (Phi) is 4.14. The molecule has 1 fully saturated rings. The molecular weight excluding hydrogens is 190 g/mol. The van der Waals surface area contributed by atoms with Crippen LogP contribution in [0.2, 0.25) is 0 Å². The van der Waals surface area contributed by atoms with Crippen molar-refractivity contribution in [1.82, 2.24) is 5.32 Å². The molecule has 1 saturated heterocycles. The highest BCUT2D eigenvalue weighted by Gasteiger charge is 2.29. The van der Waals surface area contributed by atoms with Gasteiger partial charge >= 0.3 is 5.97 Å². The quantitative estimate of drug-likeness (QED) is 0.753. The number of rotatable bonds is 4. The Hall–Kier alpha value is -0.570. The predicted octanol–water partition coefficient (Wildman–Crippen LogP) is 2.27. The molecule has 0 aromatic carbocycles. The Labute approximate surface area is 92.3 Å². The first-order valence-corrected chi connectivity index (χ1v) is 5.84. The van der Waals surface area contributed by atoms with E-state index < -0.39 is 5.97 Å². The van der Waals surface area contributed by atoms with Gasteiger partial charge in [-0.25, -0.2) is 0 Å². The van der Waals surface area contributed by atoms with E-state index >= 15 is 0 Å². The largest absolute Gasteiger partial charge is 0.481 e. The second-order valence-corrected chi connectivity index (χ2v) is 5.81. The summed E-state index contributed by atoms with van der Waals surface area (Å²) >= 11 is 0. The number of carboxylic acids is 1. The lowest BCUT2D eigenvalue weighted by molar-refractivity contribution is -0.138. The van der Waals surface area contributed by atoms with Crippen molar-refractivity contribution in [3.05, 3.63) is 0 Å². The smallest absolute Gasteiger partial charge is 0.303 e. The summed E-state index contributed by atoms with van der Waals surface area (Å²) < 4.78 is 0. The van der Waals surface area contributed by atoms with Crippen molar-refractivity contribution >= 4 is 5.97 Å². The van der Waals surface area contributed by atoms with Crippen LogP contribution < -0.4 is 5.32 Å². The summed E-state index contributed by atoms with van der Waals surface area (Å²) in [6.45, 7) is 7.67. The standard InChI is InChI=1S/C12H23NO2/c1-12(2,3)6-4-10-9(5-7-13-10)8-11(14)15/h9-10,13H,4-8H2,1-3H3,(H,14,15). The number of nitrogens with one attached hydrogen (secondary N) is 1. The molecule has 0 radical (unpaired) electrons. The lowest BCUT2D eigenvalue weighted by Crippen LogP contribution is -2.29. The lowest BCUT2D eigenvalue weighted by Gasteiger charge is -2.23. The molecule has 0 aliphatic carbocycles. The van der Waals surface area contributed by atoms with Crippen LogP contribution in [0.5, 0.6) is 0 Å². The van der Waals surface area contributed by atoms with Crippen LogP contribution in [0.1, 0.15) is 46.5 Å². The van der Waals surface area contributed by atoms with Gasteiger partial charge in [0.05, 0.1) is 0 Å². The highest BCUT2D eigenvalue weighted by Crippen LogP contribution is 2.28. The van der Waals surface area contributed by atoms with Crippen molar-refractivity contribution < 1.29 is 9.90 Å². The molecule has 2 N–H and O–H groups in total. The summed E-state index contributed by atoms with van der Waals surface area (Å²) in [4.78, 5) is 10.7. The van der Waals surface area contributed by atoms with E-state index in [-0.39, 0.29) is 0 Å². The second kappa shape index (κ2) is 4.97. The third-order valence-corrected chi connectivity index (χ3v) is 3.13. The molecule has 3 nitrogen and oxygen atoms in total. The van der Waals surface area contributed by atoms with Crippen molar-refractivity contribution in [2.24, 2.45) is 11.3 Å². The normalized spacial score (nSPS) is 26.9. The van der Waals surface area contributed by atoms with E-state index in [0.29, 0.717) is 23.8 Å². The van der Waals surface area contributed by atoms with Gasteiger partial charge in [-0.05, 0) is 37.1 Å². The van der Waals surface area contributed by atoms with E-state index in [1.807, 2.05) is 0 Å². The zero-order valence-electron chi connectivity index (χ0n) is 10.0.